The molecule has 4 rings (SSSR count). The second-order valence-electron chi connectivity index (χ2n) is 7.81. The average Bonchev–Trinajstić information content (AvgIpc) is 3.09. The number of hydrogen-bond acceptors (Lipinski definition) is 7. The lowest BCUT2D eigenvalue weighted by Crippen LogP contribution is -2.30. The summed E-state index contributed by atoms with van der Waals surface area (Å²) in [4.78, 5) is 45.7. The fourth-order valence-corrected chi connectivity index (χ4v) is 4.50. The third kappa shape index (κ3) is 5.69. The van der Waals surface area contributed by atoms with E-state index in [4.69, 9.17) is 0 Å². The summed E-state index contributed by atoms with van der Waals surface area (Å²) in [5.74, 6) is -0.938. The number of hydrogen-bond donors (Lipinski definition) is 1. The van der Waals surface area contributed by atoms with Crippen molar-refractivity contribution >= 4 is 39.4 Å². The number of carbonyl (C=O) groups excluding carboxylic acids is 3. The first-order chi connectivity index (χ1) is 16.8. The Bertz CT molecular complexity index is 1310. The molecule has 0 atom stereocenters. The van der Waals surface area contributed by atoms with Crippen molar-refractivity contribution in [2.24, 2.45) is 0 Å². The highest BCUT2D eigenvalue weighted by molar-refractivity contribution is 7.94. The average molecular weight is 493 g/mol. The minimum atomic E-state index is -3.98. The van der Waals surface area contributed by atoms with Gasteiger partial charge >= 0.3 is 0 Å². The second kappa shape index (κ2) is 10.4. The number of nitrogens with one attached hydrogen (secondary N) is 1. The van der Waals surface area contributed by atoms with E-state index in [0.717, 1.165) is 0 Å². The Kier molecular flexibility index (Phi) is 7.16. The molecule has 0 unspecified atom stereocenters. The Morgan fingerprint density at radius 3 is 2.11 bits per heavy atom. The number of anilines is 1. The highest BCUT2D eigenvalue weighted by Gasteiger charge is 2.34. The standard InChI is InChI=1S/C24H23N5O5S/c30-21(9-2-1-5-16-29-22(31)19-7-3-4-8-20(19)23(29)32)27-17-10-12-18(13-11-17)35(33,34)28-24-25-14-6-15-26-24/h3-4,6-8,10-15H,1-2,5,9,16H2,(H2,25,26,27,28,30)/p-1. The van der Waals surface area contributed by atoms with Crippen LogP contribution in [0.1, 0.15) is 46.4 Å². The molecule has 0 radical (unpaired) electrons. The molecule has 180 valence electrons. The van der Waals surface area contributed by atoms with Gasteiger partial charge in [-0.2, -0.15) is 0 Å². The highest BCUT2D eigenvalue weighted by atomic mass is 32.2. The monoisotopic (exact) mass is 492 g/mol. The summed E-state index contributed by atoms with van der Waals surface area (Å²) in [5.41, 5.74) is 1.31. The number of nitrogens with zero attached hydrogens (tertiary/aromatic N) is 4. The molecular weight excluding hydrogens is 470 g/mol. The van der Waals surface area contributed by atoms with Gasteiger partial charge in [0, 0.05) is 24.6 Å². The summed E-state index contributed by atoms with van der Waals surface area (Å²) in [5, 5.41) is 2.72. The molecule has 1 aliphatic heterocycles. The van der Waals surface area contributed by atoms with E-state index in [9.17, 15) is 22.8 Å². The van der Waals surface area contributed by atoms with E-state index in [2.05, 4.69) is 20.0 Å². The molecule has 11 heteroatoms. The van der Waals surface area contributed by atoms with Crippen molar-refractivity contribution in [2.45, 2.75) is 30.6 Å². The molecule has 2 aromatic carbocycles. The van der Waals surface area contributed by atoms with Crippen LogP contribution in [0.3, 0.4) is 0 Å². The molecule has 10 nitrogen and oxygen atoms in total. The number of sulfonamides is 1. The maximum atomic E-state index is 12.4. The molecule has 2 heterocycles. The van der Waals surface area contributed by atoms with Crippen molar-refractivity contribution < 1.29 is 22.8 Å². The third-order valence-electron chi connectivity index (χ3n) is 5.35. The summed E-state index contributed by atoms with van der Waals surface area (Å²) < 4.78 is 28.3. The molecule has 0 saturated heterocycles. The first kappa shape index (κ1) is 24.0. The Morgan fingerprint density at radius 2 is 1.49 bits per heavy atom. The number of unbranched alkanes of at least 4 members (excludes halogenated alkanes) is 2. The smallest absolute Gasteiger partial charge is 0.261 e. The van der Waals surface area contributed by atoms with Crippen LogP contribution in [0, 0.1) is 0 Å². The predicted octanol–water partition coefficient (Wildman–Crippen LogP) is 3.67. The number of rotatable bonds is 10. The molecule has 1 aromatic heterocycles. The summed E-state index contributed by atoms with van der Waals surface area (Å²) in [7, 11) is -3.98. The van der Waals surface area contributed by atoms with E-state index in [1.165, 1.54) is 41.6 Å². The number of benzene rings is 2. The van der Waals surface area contributed by atoms with Gasteiger partial charge in [0.2, 0.25) is 15.9 Å². The van der Waals surface area contributed by atoms with Gasteiger partial charge in [0.25, 0.3) is 11.8 Å². The summed E-state index contributed by atoms with van der Waals surface area (Å²) in [6.45, 7) is 0.309. The van der Waals surface area contributed by atoms with E-state index >= 15 is 0 Å². The van der Waals surface area contributed by atoms with Crippen molar-refractivity contribution in [3.05, 3.63) is 82.8 Å². The number of imide groups is 1. The van der Waals surface area contributed by atoms with Crippen LogP contribution in [0.4, 0.5) is 11.6 Å². The van der Waals surface area contributed by atoms with E-state index in [1.54, 1.807) is 30.3 Å². The van der Waals surface area contributed by atoms with Crippen molar-refractivity contribution in [2.75, 3.05) is 11.9 Å². The molecule has 3 aromatic rings. The van der Waals surface area contributed by atoms with Crippen molar-refractivity contribution in [1.29, 1.82) is 0 Å². The summed E-state index contributed by atoms with van der Waals surface area (Å²) >= 11 is 0. The first-order valence-corrected chi connectivity index (χ1v) is 12.4. The third-order valence-corrected chi connectivity index (χ3v) is 6.63. The maximum Gasteiger partial charge on any atom is 0.261 e. The van der Waals surface area contributed by atoms with Crippen LogP contribution in [-0.4, -0.2) is 47.6 Å². The van der Waals surface area contributed by atoms with Gasteiger partial charge in [0.05, 0.1) is 16.0 Å². The summed E-state index contributed by atoms with van der Waals surface area (Å²) in [6.07, 6.45) is 4.89. The number of fused-ring (bicyclic) bond motifs is 1. The van der Waals surface area contributed by atoms with Gasteiger partial charge < -0.3 is 15.3 Å². The zero-order chi connectivity index (χ0) is 24.8. The van der Waals surface area contributed by atoms with E-state index in [1.807, 2.05) is 0 Å². The number of carbonyl (C=O) groups is 3. The van der Waals surface area contributed by atoms with Gasteiger partial charge in [-0.15, -0.1) is 0 Å². The minimum Gasteiger partial charge on any atom is -0.366 e. The minimum absolute atomic E-state index is 0.0453. The van der Waals surface area contributed by atoms with E-state index in [0.29, 0.717) is 42.6 Å². The van der Waals surface area contributed by atoms with Crippen molar-refractivity contribution in [3.8, 4) is 0 Å². The van der Waals surface area contributed by atoms with Gasteiger partial charge in [-0.05, 0) is 61.6 Å². The fraction of sp³-hybridized carbons (Fsp3) is 0.208. The number of amides is 3. The lowest BCUT2D eigenvalue weighted by Gasteiger charge is -2.13. The van der Waals surface area contributed by atoms with E-state index < -0.39 is 10.0 Å². The Morgan fingerprint density at radius 1 is 0.857 bits per heavy atom. The first-order valence-electron chi connectivity index (χ1n) is 11.0. The predicted molar refractivity (Wildman–Crippen MR) is 128 cm³/mol. The normalized spacial score (nSPS) is 13.0. The van der Waals surface area contributed by atoms with Gasteiger partial charge in [-0.1, -0.05) is 24.6 Å². The van der Waals surface area contributed by atoms with Crippen LogP contribution in [-0.2, 0) is 14.8 Å². The summed E-state index contributed by atoms with van der Waals surface area (Å²) in [6, 6.07) is 14.0. The molecule has 0 saturated carbocycles. The largest absolute Gasteiger partial charge is 0.366 e. The fourth-order valence-electron chi connectivity index (χ4n) is 3.61. The van der Waals surface area contributed by atoms with Crippen LogP contribution < -0.4 is 5.32 Å². The second-order valence-corrected chi connectivity index (χ2v) is 9.41. The molecular formula is C24H22N5O5S-. The Hall–Kier alpha value is -4.12. The van der Waals surface area contributed by atoms with Gasteiger partial charge in [-0.3, -0.25) is 24.0 Å². The molecule has 35 heavy (non-hydrogen) atoms. The molecule has 0 aliphatic carbocycles. The SMILES string of the molecule is O=C(CCCCCN1C(=O)c2ccccc2C1=O)Nc1ccc(S(=O)(=O)[N-]c2ncccn2)cc1. The van der Waals surface area contributed by atoms with E-state index in [-0.39, 0.29) is 35.0 Å². The van der Waals surface area contributed by atoms with Crippen LogP contribution >= 0.6 is 0 Å². The van der Waals surface area contributed by atoms with Gasteiger partial charge in [-0.25, -0.2) is 8.42 Å². The van der Waals surface area contributed by atoms with Crippen LogP contribution in [0.25, 0.3) is 4.72 Å². The topological polar surface area (TPSA) is 140 Å². The van der Waals surface area contributed by atoms with Gasteiger partial charge in [0.1, 0.15) is 0 Å². The maximum absolute atomic E-state index is 12.4. The zero-order valence-corrected chi connectivity index (χ0v) is 19.4. The molecule has 0 fully saturated rings. The van der Waals surface area contributed by atoms with Crippen LogP contribution in [0.2, 0.25) is 0 Å². The van der Waals surface area contributed by atoms with Crippen LogP contribution in [0.15, 0.2) is 71.9 Å². The quantitative estimate of drug-likeness (QED) is 0.336. The highest BCUT2D eigenvalue weighted by Crippen LogP contribution is 2.25. The molecule has 1 aliphatic rings. The molecule has 1 N–H and O–H groups in total. The Balaban J connectivity index is 1.20. The Labute approximate surface area is 202 Å². The zero-order valence-electron chi connectivity index (χ0n) is 18.6. The van der Waals surface area contributed by atoms with Crippen molar-refractivity contribution in [3.63, 3.8) is 0 Å². The molecule has 3 amide bonds. The van der Waals surface area contributed by atoms with Crippen LogP contribution in [0.5, 0.6) is 0 Å². The lowest BCUT2D eigenvalue weighted by atomic mass is 10.1. The van der Waals surface area contributed by atoms with Crippen molar-refractivity contribution in [1.82, 2.24) is 14.9 Å². The molecule has 0 bridgehead atoms. The molecule has 0 spiro atoms. The number of aromatic nitrogens is 2. The lowest BCUT2D eigenvalue weighted by molar-refractivity contribution is -0.116. The van der Waals surface area contributed by atoms with Gasteiger partial charge in [0.15, 0.2) is 0 Å².